The first kappa shape index (κ1) is 22.6. The molecule has 0 radical (unpaired) electrons. The van der Waals surface area contributed by atoms with Gasteiger partial charge in [-0.25, -0.2) is 0 Å². The average Bonchev–Trinajstić information content (AvgIpc) is 0.722. The summed E-state index contributed by atoms with van der Waals surface area (Å²) in [5, 5.41) is 0. The Balaban J connectivity index is -0.0000000267. The topological polar surface area (TPSA) is 86.2 Å². The predicted molar refractivity (Wildman–Crippen MR) is 7.61 cm³/mol. The van der Waals surface area contributed by atoms with Crippen LogP contribution >= 0.6 is 7.82 Å². The Hall–Kier alpha value is 1.74. The Labute approximate surface area is 82.7 Å². The molecule has 0 aliphatic rings. The third-order valence-electron chi connectivity index (χ3n) is 0. The van der Waals surface area contributed by atoms with Crippen LogP contribution in [-0.4, -0.2) is 0 Å². The van der Waals surface area contributed by atoms with E-state index in [1.807, 2.05) is 0 Å². The molecular weight excluding hydrogens is 210 g/mol. The Morgan fingerprint density at radius 2 is 1.12 bits per heavy atom. The van der Waals surface area contributed by atoms with Crippen molar-refractivity contribution in [3.63, 3.8) is 0 Å². The van der Waals surface area contributed by atoms with Gasteiger partial charge in [-0.1, -0.05) is 0 Å². The van der Waals surface area contributed by atoms with Crippen molar-refractivity contribution in [1.82, 2.24) is 0 Å². The second-order valence-corrected chi connectivity index (χ2v) is 1.34. The zero-order valence-corrected chi connectivity index (χ0v) is 7.77. The molecule has 0 unspecified atom stereocenters. The van der Waals surface area contributed by atoms with Crippen molar-refractivity contribution in [3.05, 3.63) is 0 Å². The summed E-state index contributed by atoms with van der Waals surface area (Å²) in [4.78, 5) is 25.6. The van der Waals surface area contributed by atoms with Gasteiger partial charge >= 0.3 is 51.6 Å². The Morgan fingerprint density at radius 1 is 1.12 bits per heavy atom. The van der Waals surface area contributed by atoms with Crippen molar-refractivity contribution < 1.29 is 75.5 Å². The zero-order chi connectivity index (χ0) is 4.50. The van der Waals surface area contributed by atoms with Crippen molar-refractivity contribution in [3.8, 4) is 0 Å². The molecule has 40 valence electrons. The monoisotopic (exact) mass is 210 g/mol. The summed E-state index contributed by atoms with van der Waals surface area (Å²) >= 11 is 0. The minimum absolute atomic E-state index is 0. The summed E-state index contributed by atoms with van der Waals surface area (Å²) < 4.78 is 8.55. The van der Waals surface area contributed by atoms with E-state index in [1.54, 1.807) is 0 Å². The van der Waals surface area contributed by atoms with E-state index >= 15 is 0 Å². The smallest absolute Gasteiger partial charge is 1.00 e. The van der Waals surface area contributed by atoms with Crippen LogP contribution in [0.15, 0.2) is 0 Å². The average molecular weight is 210 g/mol. The molecule has 0 spiro atoms. The first-order valence-electron chi connectivity index (χ1n) is 0.730. The molecule has 0 fully saturated rings. The van der Waals surface area contributed by atoms with Gasteiger partial charge in [0.1, 0.15) is 0 Å². The second kappa shape index (κ2) is 8.74. The fraction of sp³-hybridized carbons (Fsp3) is 0. The van der Waals surface area contributed by atoms with Gasteiger partial charge in [0.15, 0.2) is 0 Å². The van der Waals surface area contributed by atoms with Crippen LogP contribution in [0.2, 0.25) is 0 Å². The van der Waals surface area contributed by atoms with Crippen LogP contribution in [0.25, 0.3) is 0 Å². The minimum atomic E-state index is -5.39. The maximum absolute atomic E-state index is 8.55. The quantitative estimate of drug-likeness (QED) is 0.293. The molecular formula is FLiO4PY. The van der Waals surface area contributed by atoms with Crippen molar-refractivity contribution in [2.24, 2.45) is 0 Å². The molecule has 0 heterocycles. The molecule has 0 bridgehead atoms. The maximum Gasteiger partial charge on any atom is 3.00 e. The van der Waals surface area contributed by atoms with Gasteiger partial charge in [0.2, 0.25) is 0 Å². The van der Waals surface area contributed by atoms with Crippen molar-refractivity contribution >= 4 is 7.82 Å². The maximum atomic E-state index is 8.55. The number of hydrogen-bond donors (Lipinski definition) is 0. The fourth-order valence-corrected chi connectivity index (χ4v) is 0. The predicted octanol–water partition coefficient (Wildman–Crippen LogP) is -8.82. The molecule has 8 heteroatoms. The van der Waals surface area contributed by atoms with Crippen LogP contribution in [0.4, 0.5) is 0 Å². The largest absolute Gasteiger partial charge is 3.00 e. The van der Waals surface area contributed by atoms with Crippen molar-refractivity contribution in [2.75, 3.05) is 0 Å². The molecule has 0 aliphatic carbocycles. The molecule has 0 amide bonds. The van der Waals surface area contributed by atoms with Crippen LogP contribution in [0.5, 0.6) is 0 Å². The molecule has 0 saturated carbocycles. The Bertz CT molecular complexity index is 62.2. The number of phosphoric acid groups is 1. The SMILES string of the molecule is O=P([O-])([O-])[O-].[F-].[Li+].[Y+3]. The summed E-state index contributed by atoms with van der Waals surface area (Å²) in [7, 11) is -5.39. The molecule has 0 rings (SSSR count). The Morgan fingerprint density at radius 3 is 1.12 bits per heavy atom. The summed E-state index contributed by atoms with van der Waals surface area (Å²) in [6.07, 6.45) is 0. The van der Waals surface area contributed by atoms with Crippen LogP contribution in [-0.2, 0) is 37.3 Å². The molecule has 8 heavy (non-hydrogen) atoms. The Kier molecular flexibility index (Phi) is 24.7. The first-order chi connectivity index (χ1) is 2.00. The van der Waals surface area contributed by atoms with Crippen LogP contribution in [0.3, 0.4) is 0 Å². The van der Waals surface area contributed by atoms with Gasteiger partial charge in [0.25, 0.3) is 0 Å². The van der Waals surface area contributed by atoms with E-state index in [9.17, 15) is 0 Å². The van der Waals surface area contributed by atoms with Crippen molar-refractivity contribution in [2.45, 2.75) is 0 Å². The van der Waals surface area contributed by atoms with Gasteiger partial charge in [0.05, 0.1) is 0 Å². The van der Waals surface area contributed by atoms with E-state index in [4.69, 9.17) is 19.2 Å². The zero-order valence-electron chi connectivity index (χ0n) is 4.04. The van der Waals surface area contributed by atoms with Crippen LogP contribution < -0.4 is 38.2 Å². The fourth-order valence-electron chi connectivity index (χ4n) is 0. The van der Waals surface area contributed by atoms with E-state index in [0.29, 0.717) is 0 Å². The number of halogens is 1. The van der Waals surface area contributed by atoms with Crippen molar-refractivity contribution in [1.29, 1.82) is 0 Å². The molecule has 0 atom stereocenters. The minimum Gasteiger partial charge on any atom is -1.00 e. The summed E-state index contributed by atoms with van der Waals surface area (Å²) in [5.41, 5.74) is 0. The summed E-state index contributed by atoms with van der Waals surface area (Å²) in [6, 6.07) is 0. The van der Waals surface area contributed by atoms with Gasteiger partial charge < -0.3 is 23.9 Å². The number of hydrogen-bond acceptors (Lipinski definition) is 4. The van der Waals surface area contributed by atoms with Gasteiger partial charge in [-0.3, -0.25) is 0 Å². The number of rotatable bonds is 0. The molecule has 0 aliphatic heterocycles. The molecule has 0 N–H and O–H groups in total. The van der Waals surface area contributed by atoms with Gasteiger partial charge in [-0.15, -0.1) is 0 Å². The van der Waals surface area contributed by atoms with Gasteiger partial charge in [-0.05, 0) is 0 Å². The van der Waals surface area contributed by atoms with Crippen LogP contribution in [0, 0.1) is 0 Å². The van der Waals surface area contributed by atoms with Gasteiger partial charge in [-0.2, -0.15) is 7.82 Å². The van der Waals surface area contributed by atoms with E-state index in [2.05, 4.69) is 0 Å². The molecule has 0 saturated heterocycles. The molecule has 0 aromatic carbocycles. The van der Waals surface area contributed by atoms with Crippen LogP contribution in [0.1, 0.15) is 0 Å². The summed E-state index contributed by atoms with van der Waals surface area (Å²) in [6.45, 7) is 0. The molecule has 0 aromatic heterocycles. The van der Waals surface area contributed by atoms with E-state index in [0.717, 1.165) is 0 Å². The second-order valence-electron chi connectivity index (χ2n) is 0.447. The summed E-state index contributed by atoms with van der Waals surface area (Å²) in [5.74, 6) is 0. The van der Waals surface area contributed by atoms with E-state index in [1.165, 1.54) is 0 Å². The standard InChI is InChI=1S/FH.Li.H3O4P.Y/c;;1-5(2,3)4;/h1H;;(H3,1,2,3,4);/q;+1;;+3/p-4. The first-order valence-corrected chi connectivity index (χ1v) is 2.19. The third-order valence-corrected chi connectivity index (χ3v) is 0. The normalized spacial score (nSPS) is 7.38. The molecule has 0 aromatic rings. The van der Waals surface area contributed by atoms with E-state index in [-0.39, 0.29) is 56.3 Å². The van der Waals surface area contributed by atoms with Gasteiger partial charge in [0, 0.05) is 0 Å². The van der Waals surface area contributed by atoms with E-state index < -0.39 is 7.82 Å². The molecule has 4 nitrogen and oxygen atoms in total. The third kappa shape index (κ3) is 116.